The fourth-order valence-electron chi connectivity index (χ4n) is 2.78. The SMILES string of the molecule is COc1ccc2c(c1)Sc1c(cc(OC)c(O)c1Br)N2C(=O)OC(C)OC(C)=O. The molecule has 1 N–H and O–H groups in total. The van der Waals surface area contributed by atoms with Gasteiger partial charge in [0.1, 0.15) is 5.75 Å². The predicted molar refractivity (Wildman–Crippen MR) is 109 cm³/mol. The fourth-order valence-corrected chi connectivity index (χ4v) is 4.52. The lowest BCUT2D eigenvalue weighted by atomic mass is 10.2. The Morgan fingerprint density at radius 3 is 2.48 bits per heavy atom. The van der Waals surface area contributed by atoms with E-state index in [9.17, 15) is 14.7 Å². The lowest BCUT2D eigenvalue weighted by molar-refractivity contribution is -0.161. The molecule has 154 valence electrons. The molecule has 2 aromatic carbocycles. The quantitative estimate of drug-likeness (QED) is 0.488. The highest BCUT2D eigenvalue weighted by atomic mass is 79.9. The number of anilines is 2. The number of halogens is 1. The molecule has 1 aliphatic heterocycles. The molecular formula is C19H18BrNO7S. The second kappa shape index (κ2) is 8.42. The van der Waals surface area contributed by atoms with E-state index in [1.165, 1.54) is 43.7 Å². The minimum atomic E-state index is -1.08. The molecule has 0 aromatic heterocycles. The number of benzene rings is 2. The van der Waals surface area contributed by atoms with Crippen LogP contribution in [0.4, 0.5) is 16.2 Å². The Kier molecular flexibility index (Phi) is 6.13. The number of esters is 1. The van der Waals surface area contributed by atoms with Gasteiger partial charge >= 0.3 is 12.1 Å². The Balaban J connectivity index is 2.12. The standard InChI is InChI=1S/C19H18BrNO7S/c1-9(22)27-10(2)28-19(24)21-12-6-5-11(25-3)7-15(12)29-18-13(21)8-14(26-4)17(23)16(18)20/h5-8,10,23H,1-4H3. The summed E-state index contributed by atoms with van der Waals surface area (Å²) in [6.45, 7) is 2.67. The Morgan fingerprint density at radius 1 is 1.14 bits per heavy atom. The molecule has 0 saturated carbocycles. The van der Waals surface area contributed by atoms with E-state index in [1.54, 1.807) is 25.3 Å². The molecule has 0 fully saturated rings. The summed E-state index contributed by atoms with van der Waals surface area (Å²) in [5, 5.41) is 10.4. The second-order valence-electron chi connectivity index (χ2n) is 5.92. The number of hydrogen-bond acceptors (Lipinski definition) is 8. The number of ether oxygens (including phenoxy) is 4. The van der Waals surface area contributed by atoms with Gasteiger partial charge in [-0.05, 0) is 34.1 Å². The maximum absolute atomic E-state index is 13.0. The van der Waals surface area contributed by atoms with Crippen LogP contribution in [0.2, 0.25) is 0 Å². The fraction of sp³-hybridized carbons (Fsp3) is 0.263. The molecule has 3 rings (SSSR count). The van der Waals surface area contributed by atoms with Crippen molar-refractivity contribution < 1.29 is 33.6 Å². The van der Waals surface area contributed by atoms with Gasteiger partial charge in [0.05, 0.1) is 35.0 Å². The van der Waals surface area contributed by atoms with Gasteiger partial charge in [0.2, 0.25) is 6.29 Å². The van der Waals surface area contributed by atoms with E-state index in [1.807, 2.05) is 0 Å². The lowest BCUT2D eigenvalue weighted by Crippen LogP contribution is -2.33. The van der Waals surface area contributed by atoms with E-state index in [0.29, 0.717) is 31.4 Å². The van der Waals surface area contributed by atoms with Crippen molar-refractivity contribution in [2.45, 2.75) is 29.9 Å². The monoisotopic (exact) mass is 483 g/mol. The average molecular weight is 484 g/mol. The predicted octanol–water partition coefficient (Wildman–Crippen LogP) is 4.82. The van der Waals surface area contributed by atoms with Crippen LogP contribution >= 0.6 is 27.7 Å². The molecule has 0 bridgehead atoms. The molecule has 0 radical (unpaired) electrons. The molecule has 1 heterocycles. The van der Waals surface area contributed by atoms with E-state index >= 15 is 0 Å². The minimum Gasteiger partial charge on any atom is -0.503 e. The highest BCUT2D eigenvalue weighted by Gasteiger charge is 2.34. The number of carbonyl (C=O) groups excluding carboxylic acids is 2. The van der Waals surface area contributed by atoms with Crippen molar-refractivity contribution in [3.05, 3.63) is 28.7 Å². The number of aromatic hydroxyl groups is 1. The van der Waals surface area contributed by atoms with Crippen LogP contribution < -0.4 is 14.4 Å². The zero-order chi connectivity index (χ0) is 21.3. The average Bonchev–Trinajstić information content (AvgIpc) is 2.67. The van der Waals surface area contributed by atoms with Crippen LogP contribution in [0.1, 0.15) is 13.8 Å². The first kappa shape index (κ1) is 21.1. The summed E-state index contributed by atoms with van der Waals surface area (Å²) in [5.74, 6) is 0.125. The molecule has 1 atom stereocenters. The summed E-state index contributed by atoms with van der Waals surface area (Å²) >= 11 is 4.72. The van der Waals surface area contributed by atoms with E-state index in [0.717, 1.165) is 0 Å². The van der Waals surface area contributed by atoms with Crippen LogP contribution in [0.25, 0.3) is 0 Å². The number of carbonyl (C=O) groups is 2. The van der Waals surface area contributed by atoms with E-state index in [-0.39, 0.29) is 11.5 Å². The summed E-state index contributed by atoms with van der Waals surface area (Å²) in [7, 11) is 2.96. The number of nitrogens with zero attached hydrogens (tertiary/aromatic N) is 1. The van der Waals surface area contributed by atoms with Gasteiger partial charge in [-0.15, -0.1) is 0 Å². The van der Waals surface area contributed by atoms with E-state index in [2.05, 4.69) is 15.9 Å². The van der Waals surface area contributed by atoms with Gasteiger partial charge in [-0.1, -0.05) is 11.8 Å². The number of phenolic OH excluding ortho intramolecular Hbond substituents is 1. The molecule has 0 aliphatic carbocycles. The Labute approximate surface area is 179 Å². The first-order chi connectivity index (χ1) is 13.8. The van der Waals surface area contributed by atoms with Crippen molar-refractivity contribution in [1.82, 2.24) is 0 Å². The Morgan fingerprint density at radius 2 is 1.86 bits per heavy atom. The molecule has 29 heavy (non-hydrogen) atoms. The van der Waals surface area contributed by atoms with Gasteiger partial charge in [0, 0.05) is 24.8 Å². The van der Waals surface area contributed by atoms with Crippen molar-refractivity contribution in [2.75, 3.05) is 19.1 Å². The molecule has 1 unspecified atom stereocenters. The largest absolute Gasteiger partial charge is 0.503 e. The van der Waals surface area contributed by atoms with Gasteiger partial charge in [0.15, 0.2) is 11.5 Å². The van der Waals surface area contributed by atoms with E-state index in [4.69, 9.17) is 18.9 Å². The van der Waals surface area contributed by atoms with Crippen molar-refractivity contribution in [2.24, 2.45) is 0 Å². The summed E-state index contributed by atoms with van der Waals surface area (Å²) in [4.78, 5) is 26.8. The summed E-state index contributed by atoms with van der Waals surface area (Å²) in [5.41, 5.74) is 0.984. The zero-order valence-corrected chi connectivity index (χ0v) is 18.4. The van der Waals surface area contributed by atoms with Gasteiger partial charge in [-0.3, -0.25) is 4.79 Å². The van der Waals surface area contributed by atoms with Crippen molar-refractivity contribution in [3.63, 3.8) is 0 Å². The van der Waals surface area contributed by atoms with Gasteiger partial charge in [-0.25, -0.2) is 9.69 Å². The van der Waals surface area contributed by atoms with Crippen LogP contribution in [0, 0.1) is 0 Å². The van der Waals surface area contributed by atoms with Gasteiger partial charge in [-0.2, -0.15) is 0 Å². The maximum Gasteiger partial charge on any atom is 0.422 e. The number of amides is 1. The Bertz CT molecular complexity index is 982. The third-order valence-electron chi connectivity index (χ3n) is 4.00. The summed E-state index contributed by atoms with van der Waals surface area (Å²) < 4.78 is 21.1. The summed E-state index contributed by atoms with van der Waals surface area (Å²) in [6.07, 6.45) is -1.84. The number of methoxy groups -OCH3 is 2. The maximum atomic E-state index is 13.0. The number of rotatable bonds is 4. The highest BCUT2D eigenvalue weighted by molar-refractivity contribution is 9.10. The Hall–Kier alpha value is -2.59. The summed E-state index contributed by atoms with van der Waals surface area (Å²) in [6, 6.07) is 6.74. The molecule has 10 heteroatoms. The first-order valence-corrected chi connectivity index (χ1v) is 10.0. The molecular weight excluding hydrogens is 466 g/mol. The van der Waals surface area contributed by atoms with Crippen LogP contribution in [0.3, 0.4) is 0 Å². The van der Waals surface area contributed by atoms with Gasteiger partial charge < -0.3 is 24.1 Å². The molecule has 0 spiro atoms. The van der Waals surface area contributed by atoms with Crippen LogP contribution in [-0.2, 0) is 14.3 Å². The van der Waals surface area contributed by atoms with Crippen molar-refractivity contribution in [3.8, 4) is 17.2 Å². The molecule has 0 saturated heterocycles. The third kappa shape index (κ3) is 4.08. The van der Waals surface area contributed by atoms with Crippen LogP contribution in [-0.4, -0.2) is 37.7 Å². The smallest absolute Gasteiger partial charge is 0.422 e. The number of hydrogen-bond donors (Lipinski definition) is 1. The number of phenols is 1. The second-order valence-corrected chi connectivity index (χ2v) is 7.77. The third-order valence-corrected chi connectivity index (χ3v) is 6.20. The van der Waals surface area contributed by atoms with Crippen molar-refractivity contribution in [1.29, 1.82) is 0 Å². The molecule has 1 amide bonds. The number of fused-ring (bicyclic) bond motifs is 2. The first-order valence-electron chi connectivity index (χ1n) is 8.40. The zero-order valence-electron chi connectivity index (χ0n) is 16.0. The van der Waals surface area contributed by atoms with E-state index < -0.39 is 18.4 Å². The lowest BCUT2D eigenvalue weighted by Gasteiger charge is -2.32. The topological polar surface area (TPSA) is 94.5 Å². The highest BCUT2D eigenvalue weighted by Crippen LogP contribution is 2.56. The molecule has 2 aromatic rings. The van der Waals surface area contributed by atoms with Crippen LogP contribution in [0.15, 0.2) is 38.5 Å². The van der Waals surface area contributed by atoms with Crippen LogP contribution in [0.5, 0.6) is 17.2 Å². The van der Waals surface area contributed by atoms with Crippen molar-refractivity contribution >= 4 is 51.1 Å². The normalized spacial score (nSPS) is 13.1. The van der Waals surface area contributed by atoms with Gasteiger partial charge in [0.25, 0.3) is 0 Å². The molecule has 1 aliphatic rings. The minimum absolute atomic E-state index is 0.0910. The molecule has 8 nitrogen and oxygen atoms in total.